The Balaban J connectivity index is 2.11. The molecule has 0 saturated carbocycles. The third kappa shape index (κ3) is 2.75. The monoisotopic (exact) mass is 378 g/mol. The Morgan fingerprint density at radius 2 is 2.00 bits per heavy atom. The third-order valence-corrected chi connectivity index (χ3v) is 4.37. The minimum absolute atomic E-state index is 0.0246. The zero-order chi connectivity index (χ0) is 19.2. The second-order valence-electron chi connectivity index (χ2n) is 5.44. The molecule has 2 heterocycles. The molecule has 0 unspecified atom stereocenters. The van der Waals surface area contributed by atoms with Crippen LogP contribution in [0.4, 0.5) is 5.69 Å². The molecule has 11 heteroatoms. The van der Waals surface area contributed by atoms with Gasteiger partial charge in [0.05, 0.1) is 16.1 Å². The number of halogens is 1. The van der Waals surface area contributed by atoms with Crippen molar-refractivity contribution >= 4 is 17.3 Å². The van der Waals surface area contributed by atoms with E-state index in [4.69, 9.17) is 16.1 Å². The molecule has 0 saturated heterocycles. The number of phenolic OH excluding ortho intramolecular Hbond substituents is 2. The number of nitrogens with zero attached hydrogens (tertiary/aromatic N) is 4. The van der Waals surface area contributed by atoms with Crippen LogP contribution < -0.4 is 4.73 Å². The van der Waals surface area contributed by atoms with E-state index in [1.807, 2.05) is 0 Å². The number of phenols is 2. The highest BCUT2D eigenvalue weighted by molar-refractivity contribution is 6.32. The van der Waals surface area contributed by atoms with Gasteiger partial charge in [-0.05, 0) is 18.6 Å². The third-order valence-electron chi connectivity index (χ3n) is 3.81. The van der Waals surface area contributed by atoms with E-state index in [0.29, 0.717) is 21.6 Å². The summed E-state index contributed by atoms with van der Waals surface area (Å²) in [6.45, 7) is 3.24. The second kappa shape index (κ2) is 6.15. The van der Waals surface area contributed by atoms with Gasteiger partial charge in [0.25, 0.3) is 5.89 Å². The van der Waals surface area contributed by atoms with E-state index in [1.54, 1.807) is 13.8 Å². The molecule has 134 valence electrons. The summed E-state index contributed by atoms with van der Waals surface area (Å²) in [6.07, 6.45) is 1.24. The molecule has 0 bridgehead atoms. The highest BCUT2D eigenvalue weighted by atomic mass is 35.5. The van der Waals surface area contributed by atoms with E-state index in [9.17, 15) is 25.5 Å². The number of benzene rings is 1. The first-order chi connectivity index (χ1) is 12.2. The van der Waals surface area contributed by atoms with Crippen molar-refractivity contribution in [2.75, 3.05) is 0 Å². The predicted octanol–water partition coefficient (Wildman–Crippen LogP) is 2.63. The van der Waals surface area contributed by atoms with Gasteiger partial charge >= 0.3 is 5.69 Å². The summed E-state index contributed by atoms with van der Waals surface area (Å²) >= 11 is 6.11. The van der Waals surface area contributed by atoms with E-state index in [1.165, 1.54) is 6.20 Å². The number of aromatic nitrogens is 3. The Labute approximate surface area is 150 Å². The number of nitro groups is 1. The average Bonchev–Trinajstić information content (AvgIpc) is 3.08. The van der Waals surface area contributed by atoms with Crippen molar-refractivity contribution in [1.29, 1.82) is 0 Å². The van der Waals surface area contributed by atoms with E-state index in [2.05, 4.69) is 10.1 Å². The second-order valence-corrected chi connectivity index (χ2v) is 5.81. The molecule has 10 nitrogen and oxygen atoms in total. The number of rotatable bonds is 3. The van der Waals surface area contributed by atoms with Gasteiger partial charge in [-0.15, -0.1) is 0 Å². The number of hydrogen-bond acceptors (Lipinski definition) is 8. The molecule has 0 amide bonds. The van der Waals surface area contributed by atoms with Crippen LogP contribution in [0.5, 0.6) is 11.5 Å². The van der Waals surface area contributed by atoms with Gasteiger partial charge in [0.1, 0.15) is 5.02 Å². The number of nitro benzene ring substituents is 1. The molecule has 1 aromatic carbocycles. The van der Waals surface area contributed by atoms with Gasteiger partial charge in [-0.2, -0.15) is 9.71 Å². The van der Waals surface area contributed by atoms with Gasteiger partial charge in [0.15, 0.2) is 11.9 Å². The molecular formula is C15H11ClN4O6. The van der Waals surface area contributed by atoms with Crippen molar-refractivity contribution in [3.8, 4) is 34.3 Å². The average molecular weight is 379 g/mol. The first kappa shape index (κ1) is 17.4. The number of hydrogen-bond donors (Lipinski definition) is 2. The molecular weight excluding hydrogens is 368 g/mol. The van der Waals surface area contributed by atoms with Gasteiger partial charge in [0, 0.05) is 13.0 Å². The van der Waals surface area contributed by atoms with Gasteiger partial charge < -0.3 is 19.9 Å². The van der Waals surface area contributed by atoms with Gasteiger partial charge in [-0.3, -0.25) is 10.1 Å². The largest absolute Gasteiger partial charge is 0.618 e. The number of aromatic hydroxyl groups is 2. The highest BCUT2D eigenvalue weighted by Gasteiger charge is 2.24. The molecule has 0 atom stereocenters. The topological polar surface area (TPSA) is 149 Å². The summed E-state index contributed by atoms with van der Waals surface area (Å²) in [4.78, 5) is 14.2. The Hall–Kier alpha value is -3.40. The fourth-order valence-corrected chi connectivity index (χ4v) is 2.52. The molecule has 0 aliphatic heterocycles. The fourth-order valence-electron chi connectivity index (χ4n) is 2.34. The first-order valence-electron chi connectivity index (χ1n) is 7.14. The van der Waals surface area contributed by atoms with Gasteiger partial charge in [-0.25, -0.2) is 0 Å². The molecule has 0 fully saturated rings. The van der Waals surface area contributed by atoms with Crippen molar-refractivity contribution in [2.24, 2.45) is 0 Å². The molecule has 0 aliphatic rings. The lowest BCUT2D eigenvalue weighted by Crippen LogP contribution is -2.30. The molecule has 2 N–H and O–H groups in total. The van der Waals surface area contributed by atoms with Crippen LogP contribution in [0, 0.1) is 29.2 Å². The maximum atomic E-state index is 11.9. The quantitative estimate of drug-likeness (QED) is 0.232. The SMILES string of the molecule is Cc1c(-c2noc(-c3cc(O)c(O)c([N+](=O)[O-])c3)n2)c[n+]([O-])c(C)c1Cl. The molecule has 0 aliphatic carbocycles. The first-order valence-corrected chi connectivity index (χ1v) is 7.52. The zero-order valence-corrected chi connectivity index (χ0v) is 14.2. The van der Waals surface area contributed by atoms with Crippen molar-refractivity contribution in [3.05, 3.63) is 49.9 Å². The molecule has 3 aromatic rings. The van der Waals surface area contributed by atoms with Crippen LogP contribution in [0.15, 0.2) is 22.9 Å². The van der Waals surface area contributed by atoms with Crippen LogP contribution in [0.3, 0.4) is 0 Å². The lowest BCUT2D eigenvalue weighted by molar-refractivity contribution is -0.611. The van der Waals surface area contributed by atoms with E-state index < -0.39 is 22.1 Å². The van der Waals surface area contributed by atoms with E-state index in [0.717, 1.165) is 12.1 Å². The summed E-state index contributed by atoms with van der Waals surface area (Å²) in [5, 5.41) is 46.0. The molecule has 0 radical (unpaired) electrons. The maximum Gasteiger partial charge on any atom is 0.315 e. The lowest BCUT2D eigenvalue weighted by Gasteiger charge is -2.07. The predicted molar refractivity (Wildman–Crippen MR) is 88.6 cm³/mol. The maximum absolute atomic E-state index is 11.9. The Morgan fingerprint density at radius 3 is 2.65 bits per heavy atom. The van der Waals surface area contributed by atoms with Crippen LogP contribution >= 0.6 is 11.6 Å². The highest BCUT2D eigenvalue weighted by Crippen LogP contribution is 2.39. The minimum Gasteiger partial charge on any atom is -0.618 e. The molecule has 3 rings (SSSR count). The van der Waals surface area contributed by atoms with Crippen LogP contribution in [0.1, 0.15) is 11.3 Å². The van der Waals surface area contributed by atoms with Crippen LogP contribution in [0.25, 0.3) is 22.8 Å². The van der Waals surface area contributed by atoms with Crippen LogP contribution in [-0.2, 0) is 0 Å². The van der Waals surface area contributed by atoms with Crippen molar-refractivity contribution in [2.45, 2.75) is 13.8 Å². The Bertz CT molecular complexity index is 1050. The molecule has 26 heavy (non-hydrogen) atoms. The van der Waals surface area contributed by atoms with Gasteiger partial charge in [0.2, 0.25) is 17.3 Å². The lowest BCUT2D eigenvalue weighted by atomic mass is 10.1. The fraction of sp³-hybridized carbons (Fsp3) is 0.133. The Morgan fingerprint density at radius 1 is 1.31 bits per heavy atom. The van der Waals surface area contributed by atoms with Crippen LogP contribution in [-0.4, -0.2) is 25.3 Å². The summed E-state index contributed by atoms with van der Waals surface area (Å²) < 4.78 is 5.64. The van der Waals surface area contributed by atoms with Gasteiger partial charge in [-0.1, -0.05) is 16.8 Å². The van der Waals surface area contributed by atoms with Crippen molar-refractivity contribution in [3.63, 3.8) is 0 Å². The van der Waals surface area contributed by atoms with E-state index >= 15 is 0 Å². The summed E-state index contributed by atoms with van der Waals surface area (Å²) in [5.74, 6) is -1.68. The van der Waals surface area contributed by atoms with Crippen LogP contribution in [0.2, 0.25) is 5.02 Å². The summed E-state index contributed by atoms with van der Waals surface area (Å²) in [6, 6.07) is 2.03. The molecule has 2 aromatic heterocycles. The molecule has 0 spiro atoms. The van der Waals surface area contributed by atoms with E-state index in [-0.39, 0.29) is 22.3 Å². The summed E-state index contributed by atoms with van der Waals surface area (Å²) in [5.41, 5.74) is 0.505. The normalized spacial score (nSPS) is 10.9. The van der Waals surface area contributed by atoms with Crippen molar-refractivity contribution < 1.29 is 24.4 Å². The standard InChI is InChI=1S/C15H11ClN4O6/c1-6-9(5-19(23)7(2)12(6)16)14-17-15(26-18-14)8-3-10(20(24)25)13(22)11(21)4-8/h3-5,21-22H,1-2H3. The number of pyridine rings is 1. The summed E-state index contributed by atoms with van der Waals surface area (Å²) in [7, 11) is 0. The van der Waals surface area contributed by atoms with Crippen molar-refractivity contribution in [1.82, 2.24) is 10.1 Å². The minimum atomic E-state index is -0.868. The Kier molecular flexibility index (Phi) is 4.12. The zero-order valence-electron chi connectivity index (χ0n) is 13.4. The smallest absolute Gasteiger partial charge is 0.315 e.